The van der Waals surface area contributed by atoms with Gasteiger partial charge >= 0.3 is 0 Å². The fourth-order valence-corrected chi connectivity index (χ4v) is 1.50. The molecule has 4 nitrogen and oxygen atoms in total. The quantitative estimate of drug-likeness (QED) is 0.795. The Balaban J connectivity index is 2.45. The van der Waals surface area contributed by atoms with Gasteiger partial charge in [0.1, 0.15) is 12.0 Å². The van der Waals surface area contributed by atoms with Crippen LogP contribution in [-0.4, -0.2) is 16.8 Å². The predicted molar refractivity (Wildman–Crippen MR) is 56.4 cm³/mol. The van der Waals surface area contributed by atoms with Crippen molar-refractivity contribution in [3.63, 3.8) is 0 Å². The molecule has 15 heavy (non-hydrogen) atoms. The number of hydrogen-bond acceptors (Lipinski definition) is 4. The number of aromatic hydroxyl groups is 1. The third-order valence-electron chi connectivity index (χ3n) is 2.22. The summed E-state index contributed by atoms with van der Waals surface area (Å²) in [6.07, 6.45) is 2.17. The maximum Gasteiger partial charge on any atom is 0.132 e. The number of phenols is 1. The molecule has 0 fully saturated rings. The van der Waals surface area contributed by atoms with Gasteiger partial charge in [0, 0.05) is 17.5 Å². The van der Waals surface area contributed by atoms with Crippen LogP contribution in [0.4, 0.5) is 0 Å². The lowest BCUT2D eigenvalue weighted by atomic mass is 10.0. The number of nitrogens with zero attached hydrogens (tertiary/aromatic N) is 1. The van der Waals surface area contributed by atoms with Gasteiger partial charge in [0.25, 0.3) is 0 Å². The molecule has 1 aromatic heterocycles. The van der Waals surface area contributed by atoms with Crippen molar-refractivity contribution in [3.05, 3.63) is 36.2 Å². The van der Waals surface area contributed by atoms with Crippen molar-refractivity contribution in [2.45, 2.75) is 6.42 Å². The van der Waals surface area contributed by atoms with Crippen molar-refractivity contribution >= 4 is 0 Å². The van der Waals surface area contributed by atoms with Gasteiger partial charge in [-0.25, -0.2) is 0 Å². The lowest BCUT2D eigenvalue weighted by Crippen LogP contribution is -2.03. The molecule has 0 saturated heterocycles. The number of phenolic OH excluding ortho intramolecular Hbond substituents is 1. The first-order valence-corrected chi connectivity index (χ1v) is 4.74. The second kappa shape index (κ2) is 4.14. The zero-order valence-corrected chi connectivity index (χ0v) is 8.18. The molecule has 4 heteroatoms. The van der Waals surface area contributed by atoms with Crippen LogP contribution in [-0.2, 0) is 6.42 Å². The van der Waals surface area contributed by atoms with E-state index in [1.165, 1.54) is 6.26 Å². The summed E-state index contributed by atoms with van der Waals surface area (Å²) >= 11 is 0. The predicted octanol–water partition coefficient (Wildman–Crippen LogP) is 1.55. The van der Waals surface area contributed by atoms with Crippen LogP contribution < -0.4 is 5.73 Å². The van der Waals surface area contributed by atoms with Crippen LogP contribution >= 0.6 is 0 Å². The van der Waals surface area contributed by atoms with Crippen LogP contribution in [0.15, 0.2) is 35.1 Å². The zero-order chi connectivity index (χ0) is 10.7. The number of aromatic nitrogens is 1. The number of para-hydroxylation sites is 1. The fourth-order valence-electron chi connectivity index (χ4n) is 1.50. The minimum Gasteiger partial charge on any atom is -0.507 e. The molecule has 0 amide bonds. The lowest BCUT2D eigenvalue weighted by molar-refractivity contribution is 0.412. The first-order valence-electron chi connectivity index (χ1n) is 4.74. The molecule has 78 valence electrons. The number of benzene rings is 1. The van der Waals surface area contributed by atoms with Crippen molar-refractivity contribution < 1.29 is 9.63 Å². The van der Waals surface area contributed by atoms with Crippen molar-refractivity contribution in [2.75, 3.05) is 6.54 Å². The molecule has 0 aliphatic rings. The van der Waals surface area contributed by atoms with Crippen LogP contribution in [0.2, 0.25) is 0 Å². The van der Waals surface area contributed by atoms with E-state index in [4.69, 9.17) is 10.3 Å². The van der Waals surface area contributed by atoms with Crippen molar-refractivity contribution in [2.24, 2.45) is 5.73 Å². The van der Waals surface area contributed by atoms with E-state index in [-0.39, 0.29) is 5.75 Å². The Morgan fingerprint density at radius 1 is 1.27 bits per heavy atom. The molecule has 0 aliphatic carbocycles. The molecule has 0 bridgehead atoms. The highest BCUT2D eigenvalue weighted by Crippen LogP contribution is 2.30. The molecule has 0 unspecified atom stereocenters. The Morgan fingerprint density at radius 2 is 2.07 bits per heavy atom. The second-order valence-electron chi connectivity index (χ2n) is 3.23. The average Bonchev–Trinajstić information content (AvgIpc) is 2.67. The Morgan fingerprint density at radius 3 is 2.80 bits per heavy atom. The van der Waals surface area contributed by atoms with E-state index in [0.29, 0.717) is 13.0 Å². The van der Waals surface area contributed by atoms with Gasteiger partial charge in [0.15, 0.2) is 0 Å². The molecule has 2 rings (SSSR count). The van der Waals surface area contributed by atoms with E-state index in [0.717, 1.165) is 16.8 Å². The van der Waals surface area contributed by atoms with Crippen molar-refractivity contribution in [1.82, 2.24) is 5.16 Å². The van der Waals surface area contributed by atoms with E-state index in [1.54, 1.807) is 12.1 Å². The Kier molecular flexibility index (Phi) is 2.69. The molecule has 0 atom stereocenters. The highest BCUT2D eigenvalue weighted by molar-refractivity contribution is 5.70. The molecule has 1 aromatic carbocycles. The minimum atomic E-state index is 0.221. The second-order valence-corrected chi connectivity index (χ2v) is 3.23. The topological polar surface area (TPSA) is 72.3 Å². The summed E-state index contributed by atoms with van der Waals surface area (Å²) in [6.45, 7) is 0.507. The Labute approximate surface area is 87.3 Å². The normalized spacial score (nSPS) is 10.5. The van der Waals surface area contributed by atoms with E-state index in [1.807, 2.05) is 12.1 Å². The standard InChI is InChI=1S/C11H12N2O2/c12-6-5-10-9(7-15-13-10)8-3-1-2-4-11(8)14/h1-4,7,14H,5-6,12H2. The molecule has 0 aliphatic heterocycles. The van der Waals surface area contributed by atoms with Crippen LogP contribution in [0.1, 0.15) is 5.69 Å². The highest BCUT2D eigenvalue weighted by Gasteiger charge is 2.11. The summed E-state index contributed by atoms with van der Waals surface area (Å²) in [7, 11) is 0. The highest BCUT2D eigenvalue weighted by atomic mass is 16.5. The van der Waals surface area contributed by atoms with E-state index < -0.39 is 0 Å². The van der Waals surface area contributed by atoms with E-state index in [2.05, 4.69) is 5.16 Å². The molecule has 3 N–H and O–H groups in total. The largest absolute Gasteiger partial charge is 0.507 e. The van der Waals surface area contributed by atoms with E-state index in [9.17, 15) is 5.11 Å². The first kappa shape index (κ1) is 9.73. The lowest BCUT2D eigenvalue weighted by Gasteiger charge is -2.02. The fraction of sp³-hybridized carbons (Fsp3) is 0.182. The van der Waals surface area contributed by atoms with Gasteiger partial charge in [0.2, 0.25) is 0 Å². The van der Waals surface area contributed by atoms with Crippen molar-refractivity contribution in [1.29, 1.82) is 0 Å². The Hall–Kier alpha value is -1.81. The van der Waals surface area contributed by atoms with E-state index >= 15 is 0 Å². The third-order valence-corrected chi connectivity index (χ3v) is 2.22. The van der Waals surface area contributed by atoms with Gasteiger partial charge in [-0.1, -0.05) is 23.4 Å². The number of hydrogen-bond donors (Lipinski definition) is 2. The number of nitrogens with two attached hydrogens (primary N) is 1. The van der Waals surface area contributed by atoms with Gasteiger partial charge < -0.3 is 15.4 Å². The zero-order valence-electron chi connectivity index (χ0n) is 8.18. The summed E-state index contributed by atoms with van der Waals surface area (Å²) in [4.78, 5) is 0. The third kappa shape index (κ3) is 1.85. The summed E-state index contributed by atoms with van der Waals surface area (Å²) in [5.74, 6) is 0.221. The van der Waals surface area contributed by atoms with Crippen LogP contribution in [0.5, 0.6) is 5.75 Å². The van der Waals surface area contributed by atoms with Gasteiger partial charge in [0.05, 0.1) is 5.69 Å². The maximum atomic E-state index is 9.67. The summed E-state index contributed by atoms with van der Waals surface area (Å²) in [6, 6.07) is 7.08. The monoisotopic (exact) mass is 204 g/mol. The molecular weight excluding hydrogens is 192 g/mol. The van der Waals surface area contributed by atoms with Crippen LogP contribution in [0.25, 0.3) is 11.1 Å². The van der Waals surface area contributed by atoms with Gasteiger partial charge in [-0.05, 0) is 12.6 Å². The van der Waals surface area contributed by atoms with Crippen LogP contribution in [0.3, 0.4) is 0 Å². The molecule has 1 heterocycles. The number of rotatable bonds is 3. The molecule has 0 saturated carbocycles. The van der Waals surface area contributed by atoms with Gasteiger partial charge in [-0.2, -0.15) is 0 Å². The average molecular weight is 204 g/mol. The maximum absolute atomic E-state index is 9.67. The summed E-state index contributed by atoms with van der Waals surface area (Å²) < 4.78 is 4.89. The molecule has 0 radical (unpaired) electrons. The molecule has 0 spiro atoms. The minimum absolute atomic E-state index is 0.221. The summed E-state index contributed by atoms with van der Waals surface area (Å²) in [5.41, 5.74) is 7.77. The van der Waals surface area contributed by atoms with Gasteiger partial charge in [-0.15, -0.1) is 0 Å². The van der Waals surface area contributed by atoms with Gasteiger partial charge in [-0.3, -0.25) is 0 Å². The van der Waals surface area contributed by atoms with Crippen LogP contribution in [0, 0.1) is 0 Å². The first-order chi connectivity index (χ1) is 7.33. The molecular formula is C11H12N2O2. The van der Waals surface area contributed by atoms with Crippen molar-refractivity contribution in [3.8, 4) is 16.9 Å². The Bertz CT molecular complexity index is 451. The SMILES string of the molecule is NCCc1nocc1-c1ccccc1O. The smallest absolute Gasteiger partial charge is 0.132 e. The molecule has 2 aromatic rings. The summed E-state index contributed by atoms with van der Waals surface area (Å²) in [5, 5.41) is 13.5.